The number of amides is 1. The van der Waals surface area contributed by atoms with Crippen LogP contribution in [0.15, 0.2) is 52.6 Å². The molecule has 208 valence electrons. The van der Waals surface area contributed by atoms with Crippen LogP contribution in [0.1, 0.15) is 44.2 Å². The summed E-state index contributed by atoms with van der Waals surface area (Å²) in [5, 5.41) is 34.4. The molecular weight excluding hydrogens is 527 g/mol. The highest BCUT2D eigenvalue weighted by atomic mass is 32.2. The second-order valence-corrected chi connectivity index (χ2v) is 13.0. The summed E-state index contributed by atoms with van der Waals surface area (Å²) >= 11 is 0. The molecule has 1 saturated carbocycles. The molecule has 1 spiro atoms. The number of rotatable bonds is 6. The predicted octanol–water partition coefficient (Wildman–Crippen LogP) is 2.66. The van der Waals surface area contributed by atoms with Crippen molar-refractivity contribution in [2.24, 2.45) is 5.92 Å². The minimum atomic E-state index is -4.58. The van der Waals surface area contributed by atoms with Gasteiger partial charge in [0.05, 0.1) is 16.6 Å². The van der Waals surface area contributed by atoms with Gasteiger partial charge in [-0.05, 0) is 75.8 Å². The number of sulfonamides is 1. The van der Waals surface area contributed by atoms with Gasteiger partial charge in [-0.15, -0.1) is 0 Å². The van der Waals surface area contributed by atoms with E-state index in [1.54, 1.807) is 13.0 Å². The molecule has 0 unspecified atom stereocenters. The zero-order chi connectivity index (χ0) is 27.9. The molecule has 39 heavy (non-hydrogen) atoms. The summed E-state index contributed by atoms with van der Waals surface area (Å²) < 4.78 is 47.6. The van der Waals surface area contributed by atoms with E-state index in [2.05, 4.69) is 4.90 Å². The normalized spacial score (nSPS) is 30.3. The Bertz CT molecular complexity index is 1520. The first-order valence-corrected chi connectivity index (χ1v) is 14.6. The number of halogens is 1. The lowest BCUT2D eigenvalue weighted by molar-refractivity contribution is -0.153. The average Bonchev–Trinajstić information content (AvgIpc) is 3.62. The SMILES string of the molecule is C/C(C(=O)NS(=O)(=O)c1ccccc1F)=C(/O)[C@@H]1Oc2c(O)ccc3c2[C@@]12CCN(CC1CC1)[C@H](C3)[C@@]2(C)O. The number of benzene rings is 2. The molecule has 2 aliphatic carbocycles. The van der Waals surface area contributed by atoms with Crippen LogP contribution in [0.5, 0.6) is 11.5 Å². The molecule has 4 N–H and O–H groups in total. The Hall–Kier alpha value is -3.15. The Kier molecular flexibility index (Phi) is 5.80. The number of phenolic OH excluding ortho intramolecular Hbond substituents is 1. The molecule has 6 rings (SSSR count). The number of carbonyl (C=O) groups excluding carboxylic acids is 1. The zero-order valence-corrected chi connectivity index (χ0v) is 22.5. The number of ether oxygens (including phenoxy) is 1. The van der Waals surface area contributed by atoms with Crippen molar-refractivity contribution in [2.45, 2.75) is 67.6 Å². The van der Waals surface area contributed by atoms with Crippen molar-refractivity contribution in [3.8, 4) is 11.5 Å². The fraction of sp³-hybridized carbons (Fsp3) is 0.464. The number of phenols is 1. The standard InChI is InChI=1S/C28H31FN2O7S/c1-15(26(34)30-39(36,37)20-6-4-3-5-18(20)29)23(33)25-28-11-12-31(14-16-7-8-16)21(27(28,2)35)13-17-9-10-19(32)24(38-25)22(17)28/h3-6,9-10,16,21,25,32-33,35H,7-8,11-14H2,1-2H3,(H,30,34)/b23-15-/t21-,25+,27-,28+/m1/s1. The maximum Gasteiger partial charge on any atom is 0.267 e. The van der Waals surface area contributed by atoms with Crippen LogP contribution in [0, 0.1) is 11.7 Å². The van der Waals surface area contributed by atoms with Gasteiger partial charge >= 0.3 is 0 Å². The first-order chi connectivity index (χ1) is 18.4. The monoisotopic (exact) mass is 558 g/mol. The summed E-state index contributed by atoms with van der Waals surface area (Å²) in [6.07, 6.45) is 1.96. The number of aromatic hydroxyl groups is 1. The third kappa shape index (κ3) is 3.77. The van der Waals surface area contributed by atoms with E-state index in [4.69, 9.17) is 4.74 Å². The summed E-state index contributed by atoms with van der Waals surface area (Å²) in [7, 11) is -4.58. The Labute approximate surface area is 226 Å². The van der Waals surface area contributed by atoms with Gasteiger partial charge in [-0.25, -0.2) is 17.5 Å². The minimum Gasteiger partial charge on any atom is -0.508 e. The van der Waals surface area contributed by atoms with Crippen molar-refractivity contribution < 1.29 is 37.7 Å². The van der Waals surface area contributed by atoms with Gasteiger partial charge in [0.15, 0.2) is 17.6 Å². The van der Waals surface area contributed by atoms with E-state index in [0.29, 0.717) is 30.9 Å². The summed E-state index contributed by atoms with van der Waals surface area (Å²) in [5.41, 5.74) is -1.48. The molecule has 1 amide bonds. The highest BCUT2D eigenvalue weighted by Crippen LogP contribution is 2.63. The van der Waals surface area contributed by atoms with E-state index in [-0.39, 0.29) is 23.1 Å². The van der Waals surface area contributed by atoms with Gasteiger partial charge in [0.2, 0.25) is 0 Å². The Morgan fingerprint density at radius 2 is 1.95 bits per heavy atom. The van der Waals surface area contributed by atoms with Gasteiger partial charge in [-0.3, -0.25) is 9.69 Å². The topological polar surface area (TPSA) is 136 Å². The number of nitrogens with one attached hydrogen (secondary N) is 1. The van der Waals surface area contributed by atoms with Crippen molar-refractivity contribution in [1.29, 1.82) is 0 Å². The molecule has 0 radical (unpaired) electrons. The van der Waals surface area contributed by atoms with Gasteiger partial charge in [-0.1, -0.05) is 18.2 Å². The van der Waals surface area contributed by atoms with E-state index in [1.165, 1.54) is 25.1 Å². The molecule has 11 heteroatoms. The molecule has 2 bridgehead atoms. The van der Waals surface area contributed by atoms with Crippen LogP contribution >= 0.6 is 0 Å². The van der Waals surface area contributed by atoms with E-state index >= 15 is 0 Å². The third-order valence-electron chi connectivity index (χ3n) is 9.07. The van der Waals surface area contributed by atoms with Crippen LogP contribution in [-0.4, -0.2) is 65.4 Å². The molecule has 2 fully saturated rings. The summed E-state index contributed by atoms with van der Waals surface area (Å²) in [4.78, 5) is 14.6. The molecule has 4 atom stereocenters. The summed E-state index contributed by atoms with van der Waals surface area (Å²) in [6, 6.07) is 7.67. The number of nitrogens with zero attached hydrogens (tertiary/aromatic N) is 1. The molecule has 2 aliphatic heterocycles. The number of fused-ring (bicyclic) bond motifs is 1. The molecular formula is C28H31FN2O7S. The summed E-state index contributed by atoms with van der Waals surface area (Å²) in [5.74, 6) is -2.16. The van der Waals surface area contributed by atoms with Crippen LogP contribution in [-0.2, 0) is 26.7 Å². The number of likely N-dealkylation sites (tertiary alicyclic amines) is 1. The average molecular weight is 559 g/mol. The number of hydrogen-bond donors (Lipinski definition) is 4. The van der Waals surface area contributed by atoms with Crippen LogP contribution in [0.2, 0.25) is 0 Å². The molecule has 0 aromatic heterocycles. The Morgan fingerprint density at radius 3 is 2.64 bits per heavy atom. The first-order valence-electron chi connectivity index (χ1n) is 13.1. The zero-order valence-electron chi connectivity index (χ0n) is 21.6. The lowest BCUT2D eigenvalue weighted by Gasteiger charge is -2.59. The number of carbonyl (C=O) groups is 1. The van der Waals surface area contributed by atoms with Crippen LogP contribution in [0.25, 0.3) is 0 Å². The van der Waals surface area contributed by atoms with Crippen molar-refractivity contribution in [2.75, 3.05) is 13.1 Å². The van der Waals surface area contributed by atoms with Gasteiger partial charge in [-0.2, -0.15) is 0 Å². The molecule has 2 aromatic rings. The van der Waals surface area contributed by atoms with E-state index in [1.807, 2.05) is 4.72 Å². The predicted molar refractivity (Wildman–Crippen MR) is 138 cm³/mol. The second kappa shape index (κ2) is 8.67. The maximum atomic E-state index is 14.1. The molecule has 4 aliphatic rings. The van der Waals surface area contributed by atoms with Crippen LogP contribution in [0.4, 0.5) is 4.39 Å². The van der Waals surface area contributed by atoms with Crippen LogP contribution in [0.3, 0.4) is 0 Å². The van der Waals surface area contributed by atoms with Gasteiger partial charge in [0.25, 0.3) is 15.9 Å². The third-order valence-corrected chi connectivity index (χ3v) is 10.4. The Morgan fingerprint density at radius 1 is 1.23 bits per heavy atom. The van der Waals surface area contributed by atoms with Crippen molar-refractivity contribution in [3.63, 3.8) is 0 Å². The number of piperidine rings is 1. The first kappa shape index (κ1) is 26.1. The quantitative estimate of drug-likeness (QED) is 0.314. The number of aliphatic hydroxyl groups is 2. The van der Waals surface area contributed by atoms with E-state index in [9.17, 15) is 32.9 Å². The lowest BCUT2D eigenvalue weighted by atomic mass is 9.53. The van der Waals surface area contributed by atoms with Gasteiger partial charge < -0.3 is 20.1 Å². The molecule has 2 heterocycles. The minimum absolute atomic E-state index is 0.144. The maximum absolute atomic E-state index is 14.1. The largest absolute Gasteiger partial charge is 0.508 e. The lowest BCUT2D eigenvalue weighted by Crippen LogP contribution is -2.73. The molecule has 2 aromatic carbocycles. The van der Waals surface area contributed by atoms with Crippen molar-refractivity contribution in [3.05, 3.63) is 64.7 Å². The molecule has 1 saturated heterocycles. The number of hydrogen-bond acceptors (Lipinski definition) is 8. The van der Waals surface area contributed by atoms with E-state index < -0.39 is 49.5 Å². The van der Waals surface area contributed by atoms with Gasteiger partial charge in [0.1, 0.15) is 16.5 Å². The smallest absolute Gasteiger partial charge is 0.267 e. The fourth-order valence-electron chi connectivity index (χ4n) is 6.80. The molecule has 9 nitrogen and oxygen atoms in total. The highest BCUT2D eigenvalue weighted by Gasteiger charge is 2.69. The van der Waals surface area contributed by atoms with Crippen molar-refractivity contribution >= 4 is 15.9 Å². The number of aliphatic hydroxyl groups excluding tert-OH is 1. The van der Waals surface area contributed by atoms with Crippen LogP contribution < -0.4 is 9.46 Å². The Balaban J connectivity index is 1.40. The van der Waals surface area contributed by atoms with Gasteiger partial charge in [0, 0.05) is 18.2 Å². The summed E-state index contributed by atoms with van der Waals surface area (Å²) in [6.45, 7) is 4.43. The fourth-order valence-corrected chi connectivity index (χ4v) is 7.89. The highest BCUT2D eigenvalue weighted by molar-refractivity contribution is 7.90. The second-order valence-electron chi connectivity index (χ2n) is 11.3. The van der Waals surface area contributed by atoms with E-state index in [0.717, 1.165) is 37.1 Å². The van der Waals surface area contributed by atoms with Crippen molar-refractivity contribution in [1.82, 2.24) is 9.62 Å².